The number of amides is 3. The van der Waals surface area contributed by atoms with Crippen molar-refractivity contribution >= 4 is 11.9 Å². The Bertz CT molecular complexity index is 422. The summed E-state index contributed by atoms with van der Waals surface area (Å²) in [6, 6.07) is 0.374. The van der Waals surface area contributed by atoms with E-state index in [1.165, 1.54) is 0 Å². The minimum atomic E-state index is -0.0325. The lowest BCUT2D eigenvalue weighted by atomic mass is 9.93. The molecule has 120 valence electrons. The Morgan fingerprint density at radius 2 is 1.76 bits per heavy atom. The fourth-order valence-electron chi connectivity index (χ4n) is 3.45. The molecule has 6 nitrogen and oxygen atoms in total. The van der Waals surface area contributed by atoms with Crippen LogP contribution in [0.15, 0.2) is 0 Å². The number of nitrogens with one attached hydrogen (secondary N) is 1. The van der Waals surface area contributed by atoms with Gasteiger partial charge in [0, 0.05) is 57.3 Å². The van der Waals surface area contributed by atoms with E-state index < -0.39 is 0 Å². The van der Waals surface area contributed by atoms with Crippen LogP contribution < -0.4 is 5.32 Å². The Morgan fingerprint density at radius 1 is 1.14 bits per heavy atom. The summed E-state index contributed by atoms with van der Waals surface area (Å²) < 4.78 is 0. The van der Waals surface area contributed by atoms with Gasteiger partial charge in [-0.3, -0.25) is 9.69 Å². The normalized spacial score (nSPS) is 25.7. The van der Waals surface area contributed by atoms with E-state index in [-0.39, 0.29) is 29.6 Å². The van der Waals surface area contributed by atoms with Gasteiger partial charge in [0.25, 0.3) is 0 Å². The highest BCUT2D eigenvalue weighted by Gasteiger charge is 2.43. The molecule has 2 heterocycles. The van der Waals surface area contributed by atoms with Crippen LogP contribution >= 0.6 is 0 Å². The molecule has 2 aliphatic rings. The zero-order valence-corrected chi connectivity index (χ0v) is 13.8. The number of carbonyl (C=O) groups is 2. The first-order valence-electron chi connectivity index (χ1n) is 7.78. The molecular weight excluding hydrogens is 268 g/mol. The molecule has 2 fully saturated rings. The number of fused-ring (bicyclic) bond motifs is 1. The van der Waals surface area contributed by atoms with E-state index in [9.17, 15) is 9.59 Å². The third kappa shape index (κ3) is 3.48. The molecular formula is C15H28N4O2. The van der Waals surface area contributed by atoms with Crippen LogP contribution in [0.2, 0.25) is 0 Å². The van der Waals surface area contributed by atoms with Crippen molar-refractivity contribution in [2.24, 2.45) is 0 Å². The fourth-order valence-corrected chi connectivity index (χ4v) is 3.45. The number of hydrogen-bond donors (Lipinski definition) is 1. The molecule has 0 unspecified atom stereocenters. The number of hydrogen-bond acceptors (Lipinski definition) is 3. The van der Waals surface area contributed by atoms with Gasteiger partial charge in [0.05, 0.1) is 0 Å². The standard InChI is InChI=1S/C15H28N4O2/c1-11(2)16-14(21)17-6-7-19-13(8-17)9-18(12(3)20)10-15(19,4)5/h11,13H,6-10H2,1-5H3,(H,16,21)/t13-/m0/s1. The molecule has 3 amide bonds. The highest BCUT2D eigenvalue weighted by atomic mass is 16.2. The van der Waals surface area contributed by atoms with E-state index in [0.29, 0.717) is 13.1 Å². The van der Waals surface area contributed by atoms with Gasteiger partial charge in [0.15, 0.2) is 0 Å². The minimum absolute atomic E-state index is 0.00223. The molecule has 0 aromatic carbocycles. The number of nitrogens with zero attached hydrogens (tertiary/aromatic N) is 3. The van der Waals surface area contributed by atoms with Gasteiger partial charge in [-0.25, -0.2) is 4.79 Å². The van der Waals surface area contributed by atoms with E-state index in [1.807, 2.05) is 23.6 Å². The smallest absolute Gasteiger partial charge is 0.317 e. The van der Waals surface area contributed by atoms with E-state index in [2.05, 4.69) is 24.1 Å². The molecule has 0 aliphatic carbocycles. The molecule has 0 spiro atoms. The van der Waals surface area contributed by atoms with Crippen LogP contribution in [0, 0.1) is 0 Å². The van der Waals surface area contributed by atoms with Crippen molar-refractivity contribution in [3.63, 3.8) is 0 Å². The fraction of sp³-hybridized carbons (Fsp3) is 0.867. The molecule has 2 aliphatic heterocycles. The van der Waals surface area contributed by atoms with E-state index in [4.69, 9.17) is 0 Å². The van der Waals surface area contributed by atoms with Crippen LogP contribution in [-0.4, -0.2) is 77.0 Å². The van der Waals surface area contributed by atoms with E-state index in [1.54, 1.807) is 6.92 Å². The molecule has 2 rings (SSSR count). The van der Waals surface area contributed by atoms with E-state index >= 15 is 0 Å². The third-order valence-corrected chi connectivity index (χ3v) is 4.41. The molecule has 1 N–H and O–H groups in total. The van der Waals surface area contributed by atoms with Crippen molar-refractivity contribution in [3.05, 3.63) is 0 Å². The molecule has 2 saturated heterocycles. The third-order valence-electron chi connectivity index (χ3n) is 4.41. The first-order valence-corrected chi connectivity index (χ1v) is 7.78. The van der Waals surface area contributed by atoms with Gasteiger partial charge in [-0.1, -0.05) is 0 Å². The van der Waals surface area contributed by atoms with Crippen LogP contribution in [0.1, 0.15) is 34.6 Å². The highest BCUT2D eigenvalue weighted by Crippen LogP contribution is 2.28. The van der Waals surface area contributed by atoms with Crippen molar-refractivity contribution in [1.82, 2.24) is 20.0 Å². The lowest BCUT2D eigenvalue weighted by molar-refractivity contribution is -0.138. The quantitative estimate of drug-likeness (QED) is 0.776. The molecule has 0 aromatic heterocycles. The predicted molar refractivity (Wildman–Crippen MR) is 82.1 cm³/mol. The van der Waals surface area contributed by atoms with Crippen LogP contribution in [0.3, 0.4) is 0 Å². The Labute approximate surface area is 127 Å². The molecule has 6 heteroatoms. The topological polar surface area (TPSA) is 55.9 Å². The molecule has 0 aromatic rings. The van der Waals surface area contributed by atoms with Crippen molar-refractivity contribution in [2.75, 3.05) is 32.7 Å². The minimum Gasteiger partial charge on any atom is -0.339 e. The Morgan fingerprint density at radius 3 is 2.33 bits per heavy atom. The second-order valence-corrected chi connectivity index (χ2v) is 7.11. The van der Waals surface area contributed by atoms with E-state index in [0.717, 1.165) is 19.6 Å². The maximum atomic E-state index is 12.2. The molecule has 1 atom stereocenters. The number of rotatable bonds is 1. The van der Waals surface area contributed by atoms with Crippen molar-refractivity contribution in [1.29, 1.82) is 0 Å². The van der Waals surface area contributed by atoms with Crippen LogP contribution in [0.25, 0.3) is 0 Å². The van der Waals surface area contributed by atoms with Gasteiger partial charge in [-0.05, 0) is 27.7 Å². The maximum Gasteiger partial charge on any atom is 0.317 e. The van der Waals surface area contributed by atoms with Crippen molar-refractivity contribution in [2.45, 2.75) is 52.2 Å². The number of piperazine rings is 2. The summed E-state index contributed by atoms with van der Waals surface area (Å²) >= 11 is 0. The Balaban J connectivity index is 2.07. The summed E-state index contributed by atoms with van der Waals surface area (Å²) in [7, 11) is 0. The predicted octanol–water partition coefficient (Wildman–Crippen LogP) is 0.731. The van der Waals surface area contributed by atoms with Crippen molar-refractivity contribution < 1.29 is 9.59 Å². The largest absolute Gasteiger partial charge is 0.339 e. The zero-order valence-electron chi connectivity index (χ0n) is 13.8. The Hall–Kier alpha value is -1.30. The second-order valence-electron chi connectivity index (χ2n) is 7.11. The second kappa shape index (κ2) is 5.83. The van der Waals surface area contributed by atoms with Crippen LogP contribution in [-0.2, 0) is 4.79 Å². The average Bonchev–Trinajstić information content (AvgIpc) is 2.36. The summed E-state index contributed by atoms with van der Waals surface area (Å²) in [6.45, 7) is 13.7. The first-order chi connectivity index (χ1) is 9.70. The van der Waals surface area contributed by atoms with Crippen LogP contribution in [0.5, 0.6) is 0 Å². The number of urea groups is 1. The SMILES string of the molecule is CC(=O)N1C[C@@H]2CN(C(=O)NC(C)C)CCN2C(C)(C)C1. The van der Waals surface area contributed by atoms with Gasteiger partial charge in [0.2, 0.25) is 5.91 Å². The summed E-state index contributed by atoms with van der Waals surface area (Å²) in [5, 5.41) is 2.95. The highest BCUT2D eigenvalue weighted by molar-refractivity contribution is 5.75. The number of carbonyl (C=O) groups excluding carboxylic acids is 2. The lowest BCUT2D eigenvalue weighted by Gasteiger charge is -2.55. The van der Waals surface area contributed by atoms with Crippen molar-refractivity contribution in [3.8, 4) is 0 Å². The molecule has 21 heavy (non-hydrogen) atoms. The Kier molecular flexibility index (Phi) is 4.46. The van der Waals surface area contributed by atoms with Gasteiger partial charge < -0.3 is 15.1 Å². The zero-order chi connectivity index (χ0) is 15.8. The molecule has 0 bridgehead atoms. The maximum absolute atomic E-state index is 12.2. The average molecular weight is 296 g/mol. The summed E-state index contributed by atoms with van der Waals surface area (Å²) in [5.74, 6) is 0.117. The monoisotopic (exact) mass is 296 g/mol. The van der Waals surface area contributed by atoms with Gasteiger partial charge in [-0.15, -0.1) is 0 Å². The summed E-state index contributed by atoms with van der Waals surface area (Å²) in [4.78, 5) is 30.1. The summed E-state index contributed by atoms with van der Waals surface area (Å²) in [5.41, 5.74) is -0.0325. The first kappa shape index (κ1) is 16.1. The summed E-state index contributed by atoms with van der Waals surface area (Å²) in [6.07, 6.45) is 0. The van der Waals surface area contributed by atoms with Crippen LogP contribution in [0.4, 0.5) is 4.79 Å². The molecule has 0 radical (unpaired) electrons. The van der Waals surface area contributed by atoms with Gasteiger partial charge >= 0.3 is 6.03 Å². The molecule has 0 saturated carbocycles. The lowest BCUT2D eigenvalue weighted by Crippen LogP contribution is -2.71. The van der Waals surface area contributed by atoms with Gasteiger partial charge in [-0.2, -0.15) is 0 Å². The van der Waals surface area contributed by atoms with Gasteiger partial charge in [0.1, 0.15) is 0 Å².